The van der Waals surface area contributed by atoms with E-state index in [4.69, 9.17) is 12.6 Å². The topological polar surface area (TPSA) is 245 Å². The monoisotopic (exact) mass is 672 g/mol. The Bertz CT molecular complexity index is 1920. The summed E-state index contributed by atoms with van der Waals surface area (Å²) in [7, 11) is -8.03. The van der Waals surface area contributed by atoms with Crippen LogP contribution in [0, 0.1) is 6.07 Å². The Kier molecular flexibility index (Phi) is 16.4. The van der Waals surface area contributed by atoms with Crippen molar-refractivity contribution in [3.8, 4) is 28.4 Å². The number of phenols is 2. The van der Waals surface area contributed by atoms with Gasteiger partial charge in [-0.15, -0.1) is 42.5 Å². The Hall–Kier alpha value is -3.36. The van der Waals surface area contributed by atoms with Gasteiger partial charge in [0.1, 0.15) is 15.9 Å². The van der Waals surface area contributed by atoms with Crippen molar-refractivity contribution in [1.29, 1.82) is 0 Å². The van der Waals surface area contributed by atoms with Crippen LogP contribution in [0.1, 0.15) is 5.56 Å². The van der Waals surface area contributed by atoms with Crippen LogP contribution in [0.15, 0.2) is 98.1 Å². The summed E-state index contributed by atoms with van der Waals surface area (Å²) >= 11 is 0. The average molecular weight is 673 g/mol. The molecule has 0 saturated heterocycles. The van der Waals surface area contributed by atoms with Crippen molar-refractivity contribution in [2.45, 2.75) is 11.5 Å². The van der Waals surface area contributed by atoms with Crippen LogP contribution in [0.25, 0.3) is 11.1 Å². The van der Waals surface area contributed by atoms with E-state index in [1.165, 1.54) is 60.7 Å². The van der Waals surface area contributed by atoms with E-state index in [0.717, 1.165) is 6.07 Å². The summed E-state index contributed by atoms with van der Waals surface area (Å²) in [4.78, 5) is 10.00. The Balaban J connectivity index is 0.00000159. The fourth-order valence-electron chi connectivity index (χ4n) is 3.35. The number of aliphatic hydroxyl groups is 1. The number of hydrogen-bond donors (Lipinski definition) is 3. The molecule has 0 bridgehead atoms. The summed E-state index contributed by atoms with van der Waals surface area (Å²) in [5.74, 6) is -0.495. The van der Waals surface area contributed by atoms with Crippen LogP contribution < -0.4 is 63.9 Å². The standard InChI is InChI=1S/C26H19N4O8S.2Na.O3S/c31-14-17-11-19(6-9-23(17)33)28-27-18-3-1-16(2-4-18)22-8-5-21(13-26(22)39(35,36)37)30-29-20-7-10-24(34)25(12-20)38-15-32;;;1-4(2)3/h1,3-13,15,31,33-34H,14H2,(H,35,36,37);;;/q-1;2*+1;/p-1. The van der Waals surface area contributed by atoms with Gasteiger partial charge in [-0.2, -0.15) is 15.3 Å². The van der Waals surface area contributed by atoms with Gasteiger partial charge in [0, 0.05) is 22.2 Å². The molecule has 45 heavy (non-hydrogen) atoms. The maximum absolute atomic E-state index is 12.0. The fraction of sp³-hybridized carbons (Fsp3) is 0.0385. The summed E-state index contributed by atoms with van der Waals surface area (Å²) in [5, 5.41) is 44.5. The van der Waals surface area contributed by atoms with E-state index in [-0.39, 0.29) is 106 Å². The summed E-state index contributed by atoms with van der Waals surface area (Å²) in [5.41, 5.74) is 1.70. The molecular formula is C26H18N4Na2O11S2. The fourth-order valence-corrected chi connectivity index (χ4v) is 4.06. The Morgan fingerprint density at radius 1 is 0.800 bits per heavy atom. The van der Waals surface area contributed by atoms with E-state index < -0.39 is 25.6 Å². The number of ether oxygens (including phenoxy) is 1. The van der Waals surface area contributed by atoms with Crippen LogP contribution in [0.3, 0.4) is 0 Å². The van der Waals surface area contributed by atoms with E-state index in [0.29, 0.717) is 22.5 Å². The van der Waals surface area contributed by atoms with Crippen molar-refractivity contribution in [2.75, 3.05) is 0 Å². The SMILES string of the molecule is O=COc1cc(N=Nc2ccc(-c3[c-]cc(N=Nc4ccc(O)c(CO)c4)cc3)c(S(=O)(=O)[O-])c2)ccc1O.O=S(=O)=O.[Na+].[Na+]. The first-order valence-electron chi connectivity index (χ1n) is 11.5. The molecule has 0 aliphatic heterocycles. The summed E-state index contributed by atoms with van der Waals surface area (Å²) in [6, 6.07) is 19.5. The van der Waals surface area contributed by atoms with Gasteiger partial charge in [-0.1, -0.05) is 11.6 Å². The molecule has 0 saturated carbocycles. The van der Waals surface area contributed by atoms with Gasteiger partial charge in [-0.3, -0.25) is 4.79 Å². The van der Waals surface area contributed by atoms with Gasteiger partial charge in [-0.05, 0) is 42.5 Å². The van der Waals surface area contributed by atoms with E-state index in [9.17, 15) is 33.1 Å². The zero-order chi connectivity index (χ0) is 31.6. The van der Waals surface area contributed by atoms with Gasteiger partial charge in [0.25, 0.3) is 6.47 Å². The second-order valence-electron chi connectivity index (χ2n) is 8.04. The van der Waals surface area contributed by atoms with Crippen molar-refractivity contribution in [3.63, 3.8) is 0 Å². The van der Waals surface area contributed by atoms with Gasteiger partial charge < -0.3 is 24.6 Å². The van der Waals surface area contributed by atoms with E-state index in [1.54, 1.807) is 6.07 Å². The molecule has 4 aromatic rings. The van der Waals surface area contributed by atoms with Gasteiger partial charge in [0.15, 0.2) is 11.5 Å². The second kappa shape index (κ2) is 18.6. The number of carbonyl (C=O) groups excluding carboxylic acids is 1. The molecule has 0 aliphatic carbocycles. The minimum absolute atomic E-state index is 0. The smallest absolute Gasteiger partial charge is 0.745 e. The molecule has 0 atom stereocenters. The quantitative estimate of drug-likeness (QED) is 0.0597. The molecule has 0 unspecified atom stereocenters. The number of rotatable bonds is 9. The predicted molar refractivity (Wildman–Crippen MR) is 146 cm³/mol. The Labute approximate surface area is 301 Å². The molecule has 0 heterocycles. The molecule has 19 heteroatoms. The molecule has 0 aliphatic rings. The van der Waals surface area contributed by atoms with Gasteiger partial charge in [0.2, 0.25) is 0 Å². The number of nitrogens with zero attached hydrogens (tertiary/aromatic N) is 4. The second-order valence-corrected chi connectivity index (χ2v) is 9.79. The van der Waals surface area contributed by atoms with Crippen LogP contribution in [0.2, 0.25) is 0 Å². The van der Waals surface area contributed by atoms with Crippen molar-refractivity contribution >= 4 is 49.9 Å². The number of hydrogen-bond acceptors (Lipinski definition) is 15. The molecule has 0 spiro atoms. The van der Waals surface area contributed by atoms with Crippen molar-refractivity contribution < 1.29 is 110 Å². The summed E-state index contributed by atoms with van der Waals surface area (Å²) in [6.07, 6.45) is 0. The summed E-state index contributed by atoms with van der Waals surface area (Å²) in [6.45, 7) is -0.229. The zero-order valence-electron chi connectivity index (χ0n) is 23.4. The predicted octanol–water partition coefficient (Wildman–Crippen LogP) is -1.67. The Morgan fingerprint density at radius 2 is 1.31 bits per heavy atom. The minimum atomic E-state index is -4.92. The molecule has 3 N–H and O–H groups in total. The maximum Gasteiger partial charge on any atom is 1.00 e. The molecule has 222 valence electrons. The molecule has 15 nitrogen and oxygen atoms in total. The van der Waals surface area contributed by atoms with Gasteiger partial charge >= 0.3 is 69.7 Å². The van der Waals surface area contributed by atoms with Crippen molar-refractivity contribution in [3.05, 3.63) is 84.4 Å². The average Bonchev–Trinajstić information content (AvgIpc) is 2.96. The number of benzene rings is 4. The molecule has 0 radical (unpaired) electrons. The molecular weight excluding hydrogens is 654 g/mol. The number of carbonyl (C=O) groups is 1. The van der Waals surface area contributed by atoms with Crippen LogP contribution >= 0.6 is 0 Å². The normalized spacial score (nSPS) is 10.7. The molecule has 4 aromatic carbocycles. The number of azo groups is 2. The van der Waals surface area contributed by atoms with Crippen LogP contribution in [0.4, 0.5) is 22.7 Å². The maximum atomic E-state index is 12.0. The van der Waals surface area contributed by atoms with Crippen molar-refractivity contribution in [2.24, 2.45) is 20.5 Å². The first-order chi connectivity index (χ1) is 20.4. The van der Waals surface area contributed by atoms with Crippen LogP contribution in [-0.2, 0) is 32.1 Å². The molecule has 0 fully saturated rings. The molecule has 0 amide bonds. The first-order valence-corrected chi connectivity index (χ1v) is 13.9. The van der Waals surface area contributed by atoms with E-state index >= 15 is 0 Å². The third-order valence-corrected chi connectivity index (χ3v) is 6.11. The third kappa shape index (κ3) is 12.2. The third-order valence-electron chi connectivity index (χ3n) is 5.23. The minimum Gasteiger partial charge on any atom is -0.745 e. The Morgan fingerprint density at radius 3 is 1.84 bits per heavy atom. The van der Waals surface area contributed by atoms with Crippen LogP contribution in [0.5, 0.6) is 17.2 Å². The van der Waals surface area contributed by atoms with E-state index in [2.05, 4.69) is 31.3 Å². The van der Waals surface area contributed by atoms with Crippen LogP contribution in [-0.4, -0.2) is 47.4 Å². The summed E-state index contributed by atoms with van der Waals surface area (Å²) < 4.78 is 66.0. The first kappa shape index (κ1) is 39.7. The van der Waals surface area contributed by atoms with Gasteiger partial charge in [0.05, 0.1) is 23.7 Å². The number of aliphatic hydroxyl groups excluding tert-OH is 1. The van der Waals surface area contributed by atoms with Gasteiger partial charge in [-0.25, -0.2) is 13.5 Å². The molecule has 0 aromatic heterocycles. The van der Waals surface area contributed by atoms with E-state index in [1.807, 2.05) is 0 Å². The number of phenolic OH excluding ortho intramolecular Hbond substituents is 1. The zero-order valence-corrected chi connectivity index (χ0v) is 29.1. The van der Waals surface area contributed by atoms with Crippen molar-refractivity contribution in [1.82, 2.24) is 0 Å². The number of aromatic hydroxyl groups is 2. The molecule has 4 rings (SSSR count). The largest absolute Gasteiger partial charge is 1.00 e.